The van der Waals surface area contributed by atoms with Crippen LogP contribution in [0.15, 0.2) is 46.6 Å². The van der Waals surface area contributed by atoms with E-state index in [2.05, 4.69) is 10.2 Å². The first-order valence-corrected chi connectivity index (χ1v) is 6.33. The Morgan fingerprint density at radius 1 is 0.625 bits per heavy atom. The Balaban J connectivity index is 2.50. The van der Waals surface area contributed by atoms with Crippen LogP contribution >= 0.6 is 0 Å². The van der Waals surface area contributed by atoms with Crippen LogP contribution in [0.5, 0.6) is 0 Å². The van der Waals surface area contributed by atoms with Crippen molar-refractivity contribution in [2.24, 2.45) is 10.2 Å². The second kappa shape index (κ2) is 6.02. The lowest BCUT2D eigenvalue weighted by Crippen LogP contribution is -2.06. The predicted octanol–water partition coefficient (Wildman–Crippen LogP) is 5.30. The molecule has 0 saturated heterocycles. The van der Waals surface area contributed by atoms with Crippen molar-refractivity contribution in [1.82, 2.24) is 0 Å². The second-order valence-corrected chi connectivity index (χ2v) is 4.75. The molecule has 0 saturated carbocycles. The Morgan fingerprint density at radius 2 is 0.958 bits per heavy atom. The zero-order valence-corrected chi connectivity index (χ0v) is 11.8. The van der Waals surface area contributed by atoms with Gasteiger partial charge in [0.25, 0.3) is 0 Å². The van der Waals surface area contributed by atoms with Crippen LogP contribution in [0, 0.1) is 0 Å². The molecule has 4 N–H and O–H groups in total. The molecule has 0 amide bonds. The van der Waals surface area contributed by atoms with Crippen LogP contribution in [0.4, 0.5) is 49.1 Å². The van der Waals surface area contributed by atoms with E-state index in [4.69, 9.17) is 11.5 Å². The van der Waals surface area contributed by atoms with Gasteiger partial charge in [-0.05, 0) is 36.4 Å². The van der Waals surface area contributed by atoms with E-state index in [1.165, 1.54) is 0 Å². The molecule has 0 heterocycles. The van der Waals surface area contributed by atoms with Crippen LogP contribution in [-0.4, -0.2) is 0 Å². The number of benzene rings is 2. The summed E-state index contributed by atoms with van der Waals surface area (Å²) in [5.41, 5.74) is 6.56. The van der Waals surface area contributed by atoms with Gasteiger partial charge in [-0.3, -0.25) is 0 Å². The van der Waals surface area contributed by atoms with Gasteiger partial charge in [0.05, 0.1) is 22.5 Å². The van der Waals surface area contributed by atoms with Gasteiger partial charge >= 0.3 is 12.4 Å². The van der Waals surface area contributed by atoms with Crippen LogP contribution in [0.1, 0.15) is 11.1 Å². The minimum absolute atomic E-state index is 0.162. The van der Waals surface area contributed by atoms with Crippen molar-refractivity contribution < 1.29 is 26.3 Å². The molecule has 0 radical (unpaired) electrons. The molecule has 2 aromatic rings. The number of anilines is 2. The van der Waals surface area contributed by atoms with E-state index >= 15 is 0 Å². The number of rotatable bonds is 2. The Kier molecular flexibility index (Phi) is 4.41. The normalized spacial score (nSPS) is 12.8. The van der Waals surface area contributed by atoms with Gasteiger partial charge in [0.2, 0.25) is 0 Å². The second-order valence-electron chi connectivity index (χ2n) is 4.75. The molecule has 0 aliphatic rings. The highest BCUT2D eigenvalue weighted by Crippen LogP contribution is 2.40. The van der Waals surface area contributed by atoms with E-state index < -0.39 is 34.9 Å². The third kappa shape index (κ3) is 3.94. The lowest BCUT2D eigenvalue weighted by Gasteiger charge is -2.11. The largest absolute Gasteiger partial charge is 0.418 e. The lowest BCUT2D eigenvalue weighted by molar-refractivity contribution is -0.138. The van der Waals surface area contributed by atoms with Gasteiger partial charge in [-0.15, -0.1) is 10.2 Å². The minimum Gasteiger partial charge on any atom is -0.399 e. The van der Waals surface area contributed by atoms with Gasteiger partial charge in [-0.25, -0.2) is 0 Å². The maximum absolute atomic E-state index is 12.9. The summed E-state index contributed by atoms with van der Waals surface area (Å²) in [7, 11) is 0. The highest BCUT2D eigenvalue weighted by molar-refractivity contribution is 5.58. The molecule has 0 fully saturated rings. The number of nitrogen functional groups attached to an aromatic ring is 2. The zero-order valence-electron chi connectivity index (χ0n) is 11.8. The fraction of sp³-hybridized carbons (Fsp3) is 0.143. The monoisotopic (exact) mass is 348 g/mol. The molecule has 0 atom stereocenters. The summed E-state index contributed by atoms with van der Waals surface area (Å²) in [6, 6.07) is 5.37. The van der Waals surface area contributed by atoms with Crippen LogP contribution in [-0.2, 0) is 12.4 Å². The molecule has 10 heteroatoms. The molecule has 4 nitrogen and oxygen atoms in total. The maximum atomic E-state index is 12.9. The number of nitrogens with zero attached hydrogens (tertiary/aromatic N) is 2. The number of hydrogen-bond acceptors (Lipinski definition) is 4. The van der Waals surface area contributed by atoms with Crippen molar-refractivity contribution in [3.05, 3.63) is 47.5 Å². The number of alkyl halides is 6. The molecule has 0 aliphatic heterocycles. The Labute approximate surface area is 131 Å². The Hall–Kier alpha value is -2.78. The Bertz CT molecular complexity index is 714. The molecule has 0 spiro atoms. The molecular formula is C14H10F6N4. The first-order valence-electron chi connectivity index (χ1n) is 6.33. The van der Waals surface area contributed by atoms with Crippen molar-refractivity contribution >= 4 is 22.7 Å². The molecule has 0 aromatic heterocycles. The zero-order chi connectivity index (χ0) is 18.1. The fourth-order valence-electron chi connectivity index (χ4n) is 1.84. The number of azo groups is 1. The summed E-state index contributed by atoms with van der Waals surface area (Å²) in [4.78, 5) is 0. The molecule has 0 unspecified atom stereocenters. The highest BCUT2D eigenvalue weighted by atomic mass is 19.4. The minimum atomic E-state index is -4.78. The van der Waals surface area contributed by atoms with E-state index in [1.807, 2.05) is 0 Å². The Morgan fingerprint density at radius 3 is 1.25 bits per heavy atom. The third-order valence-electron chi connectivity index (χ3n) is 2.92. The van der Waals surface area contributed by atoms with Crippen LogP contribution in [0.25, 0.3) is 0 Å². The average molecular weight is 348 g/mol. The van der Waals surface area contributed by atoms with E-state index in [-0.39, 0.29) is 11.4 Å². The van der Waals surface area contributed by atoms with Crippen LogP contribution in [0.3, 0.4) is 0 Å². The predicted molar refractivity (Wildman–Crippen MR) is 75.9 cm³/mol. The summed E-state index contributed by atoms with van der Waals surface area (Å²) in [6.07, 6.45) is -9.56. The van der Waals surface area contributed by atoms with Gasteiger partial charge in [0.15, 0.2) is 0 Å². The number of nitrogens with two attached hydrogens (primary N) is 2. The van der Waals surface area contributed by atoms with Gasteiger partial charge < -0.3 is 11.5 Å². The van der Waals surface area contributed by atoms with Gasteiger partial charge in [0, 0.05) is 11.4 Å². The van der Waals surface area contributed by atoms with Gasteiger partial charge in [-0.1, -0.05) is 0 Å². The fourth-order valence-corrected chi connectivity index (χ4v) is 1.84. The van der Waals surface area contributed by atoms with Crippen molar-refractivity contribution in [3.8, 4) is 0 Å². The molecule has 0 bridgehead atoms. The summed E-state index contributed by atoms with van der Waals surface area (Å²) in [5.74, 6) is 0. The molecule has 0 aliphatic carbocycles. The number of halogens is 6. The summed E-state index contributed by atoms with van der Waals surface area (Å²) in [5, 5.41) is 6.59. The standard InChI is InChI=1S/C14H10F6N4/c15-13(16,17)9-5-7(21)1-3-11(9)23-24-12-4-2-8(22)6-10(12)14(18,19)20/h1-6H,21-22H2/b24-23+. The molecule has 128 valence electrons. The first kappa shape index (κ1) is 17.6. The molecule has 2 aromatic carbocycles. The summed E-state index contributed by atoms with van der Waals surface area (Å²) >= 11 is 0. The smallest absolute Gasteiger partial charge is 0.399 e. The van der Waals surface area contributed by atoms with Crippen molar-refractivity contribution in [2.75, 3.05) is 11.5 Å². The first-order chi connectivity index (χ1) is 11.0. The van der Waals surface area contributed by atoms with E-state index in [0.717, 1.165) is 24.3 Å². The van der Waals surface area contributed by atoms with Crippen molar-refractivity contribution in [2.45, 2.75) is 12.4 Å². The lowest BCUT2D eigenvalue weighted by atomic mass is 10.1. The van der Waals surface area contributed by atoms with Gasteiger partial charge in [-0.2, -0.15) is 26.3 Å². The summed E-state index contributed by atoms with van der Waals surface area (Å²) in [6.45, 7) is 0. The molecule has 24 heavy (non-hydrogen) atoms. The molecular weight excluding hydrogens is 338 g/mol. The van der Waals surface area contributed by atoms with E-state index in [1.54, 1.807) is 0 Å². The van der Waals surface area contributed by atoms with Crippen molar-refractivity contribution in [1.29, 1.82) is 0 Å². The van der Waals surface area contributed by atoms with E-state index in [0.29, 0.717) is 12.1 Å². The third-order valence-corrected chi connectivity index (χ3v) is 2.92. The van der Waals surface area contributed by atoms with Crippen LogP contribution < -0.4 is 11.5 Å². The average Bonchev–Trinajstić information content (AvgIpc) is 2.45. The summed E-state index contributed by atoms with van der Waals surface area (Å²) < 4.78 is 77.5. The number of hydrogen-bond donors (Lipinski definition) is 2. The highest BCUT2D eigenvalue weighted by Gasteiger charge is 2.35. The topological polar surface area (TPSA) is 76.8 Å². The SMILES string of the molecule is Nc1ccc(/N=N/c2ccc(N)cc2C(F)(F)F)c(C(F)(F)F)c1. The van der Waals surface area contributed by atoms with E-state index in [9.17, 15) is 26.3 Å². The van der Waals surface area contributed by atoms with Crippen molar-refractivity contribution in [3.63, 3.8) is 0 Å². The maximum Gasteiger partial charge on any atom is 0.418 e. The quantitative estimate of drug-likeness (QED) is 0.439. The molecule has 2 rings (SSSR count). The van der Waals surface area contributed by atoms with Gasteiger partial charge in [0.1, 0.15) is 0 Å². The van der Waals surface area contributed by atoms with Crippen LogP contribution in [0.2, 0.25) is 0 Å².